The van der Waals surface area contributed by atoms with Gasteiger partial charge >= 0.3 is 220 Å². The summed E-state index contributed by atoms with van der Waals surface area (Å²) in [5.41, 5.74) is 5.08. The number of hydrogen-bond acceptors (Lipinski definition) is 3. The van der Waals surface area contributed by atoms with Gasteiger partial charge in [0.15, 0.2) is 0 Å². The number of fused-ring (bicyclic) bond motifs is 7. The van der Waals surface area contributed by atoms with Gasteiger partial charge in [-0.3, -0.25) is 0 Å². The molecule has 0 amide bonds. The molecule has 4 aromatic rings. The van der Waals surface area contributed by atoms with Gasteiger partial charge in [-0.2, -0.15) is 0 Å². The Hall–Kier alpha value is -2.09. The molecule has 1 aliphatic rings. The Bertz CT molecular complexity index is 1330. The maximum atomic E-state index is 3.81. The van der Waals surface area contributed by atoms with E-state index in [0.29, 0.717) is 0 Å². The first-order chi connectivity index (χ1) is 16.4. The quantitative estimate of drug-likeness (QED) is 0.175. The summed E-state index contributed by atoms with van der Waals surface area (Å²) < 4.78 is 7.83. The molecule has 3 nitrogen and oxygen atoms in total. The number of anilines is 2. The molecule has 0 aromatic heterocycles. The van der Waals surface area contributed by atoms with Gasteiger partial charge in [-0.1, -0.05) is 0 Å². The molecule has 4 aromatic carbocycles. The molecule has 35 heavy (non-hydrogen) atoms. The van der Waals surface area contributed by atoms with Crippen LogP contribution in [0.2, 0.25) is 0 Å². The van der Waals surface area contributed by atoms with Gasteiger partial charge < -0.3 is 0 Å². The van der Waals surface area contributed by atoms with Crippen LogP contribution in [0.4, 0.5) is 11.4 Å². The predicted octanol–water partition coefficient (Wildman–Crippen LogP) is 8.29. The molecule has 0 spiro atoms. The SMILES string of the molecule is CN1c2ccc3ccccc3c2-c2c(ccc3ccccc23)N(C)[P+]1([Se])N(C(C)(C)C)C(C)(C)C. The predicted molar refractivity (Wildman–Crippen MR) is 158 cm³/mol. The molecule has 0 saturated heterocycles. The van der Waals surface area contributed by atoms with Gasteiger partial charge in [-0.05, 0) is 0 Å². The zero-order chi connectivity index (χ0) is 25.3. The summed E-state index contributed by atoms with van der Waals surface area (Å²) in [7, 11) is 4.57. The third-order valence-corrected chi connectivity index (χ3v) is 14.9. The van der Waals surface area contributed by atoms with Crippen molar-refractivity contribution < 1.29 is 0 Å². The fourth-order valence-corrected chi connectivity index (χ4v) is 13.7. The van der Waals surface area contributed by atoms with Gasteiger partial charge in [0.1, 0.15) is 0 Å². The molecule has 181 valence electrons. The third kappa shape index (κ3) is 3.69. The fourth-order valence-electron chi connectivity index (χ4n) is 6.12. The molecule has 1 radical (unpaired) electrons. The minimum atomic E-state index is -2.19. The second kappa shape index (κ2) is 8.22. The molecule has 1 aliphatic heterocycles. The van der Waals surface area contributed by atoms with Gasteiger partial charge in [0, 0.05) is 0 Å². The second-order valence-corrected chi connectivity index (χ2v) is 17.3. The zero-order valence-electron chi connectivity index (χ0n) is 22.1. The fraction of sp³-hybridized carbons (Fsp3) is 0.333. The van der Waals surface area contributed by atoms with Crippen LogP contribution in [0.15, 0.2) is 72.8 Å². The number of hydrogen-bond donors (Lipinski definition) is 0. The summed E-state index contributed by atoms with van der Waals surface area (Å²) in [4.78, 5) is 0. The van der Waals surface area contributed by atoms with E-state index in [1.807, 2.05) is 0 Å². The van der Waals surface area contributed by atoms with E-state index in [-0.39, 0.29) is 11.1 Å². The van der Waals surface area contributed by atoms with Crippen molar-refractivity contribution >= 4 is 54.9 Å². The first-order valence-electron chi connectivity index (χ1n) is 12.3. The molecule has 5 heteroatoms. The van der Waals surface area contributed by atoms with Crippen LogP contribution in [-0.2, 0) is 0 Å². The van der Waals surface area contributed by atoms with Crippen molar-refractivity contribution in [1.82, 2.24) is 4.67 Å². The van der Waals surface area contributed by atoms with E-state index < -0.39 is 6.40 Å². The van der Waals surface area contributed by atoms with E-state index >= 15 is 0 Å². The summed E-state index contributed by atoms with van der Waals surface area (Å²) in [6.07, 6.45) is -2.19. The van der Waals surface area contributed by atoms with Gasteiger partial charge in [-0.25, -0.2) is 0 Å². The molecule has 0 unspecified atom stereocenters. The Morgan fingerprint density at radius 2 is 0.971 bits per heavy atom. The first-order valence-corrected chi connectivity index (χ1v) is 16.2. The van der Waals surface area contributed by atoms with Crippen LogP contribution in [0.25, 0.3) is 32.7 Å². The van der Waals surface area contributed by atoms with Crippen LogP contribution >= 0.6 is 6.40 Å². The standard InChI is InChI=1S/C30H36N3PSe/c1-29(2,3)33(30(4,5)6)34(35)31(7)25-19-17-21-13-9-11-15-23(21)27(25)28-24-16-12-10-14-22(24)18-20-26(28)32(34)8/h9-20H,1-8H3/q+1. The Morgan fingerprint density at radius 3 is 1.34 bits per heavy atom. The van der Waals surface area contributed by atoms with Crippen LogP contribution in [-0.4, -0.2) is 45.4 Å². The van der Waals surface area contributed by atoms with Crippen LogP contribution < -0.4 is 9.34 Å². The summed E-state index contributed by atoms with van der Waals surface area (Å²) in [5.74, 6) is 0. The molecule has 1 heterocycles. The van der Waals surface area contributed by atoms with Gasteiger partial charge in [0.25, 0.3) is 0 Å². The summed E-state index contributed by atoms with van der Waals surface area (Å²) in [6, 6.07) is 26.8. The van der Waals surface area contributed by atoms with Gasteiger partial charge in [-0.15, -0.1) is 0 Å². The molecular formula is C30H36N3PSe+. The van der Waals surface area contributed by atoms with Crippen LogP contribution in [0.3, 0.4) is 0 Å². The van der Waals surface area contributed by atoms with Crippen molar-refractivity contribution in [2.24, 2.45) is 0 Å². The third-order valence-electron chi connectivity index (χ3n) is 7.07. The molecule has 0 aliphatic carbocycles. The minimum absolute atomic E-state index is 0.0574. The van der Waals surface area contributed by atoms with Crippen molar-refractivity contribution in [3.63, 3.8) is 0 Å². The molecule has 0 saturated carbocycles. The van der Waals surface area contributed by atoms with Crippen molar-refractivity contribution in [2.75, 3.05) is 23.4 Å². The summed E-state index contributed by atoms with van der Waals surface area (Å²) >= 11 is 3.81. The molecule has 0 bridgehead atoms. The monoisotopic (exact) mass is 549 g/mol. The van der Waals surface area contributed by atoms with Crippen molar-refractivity contribution in [3.05, 3.63) is 72.8 Å². The van der Waals surface area contributed by atoms with Crippen molar-refractivity contribution in [2.45, 2.75) is 52.6 Å². The van der Waals surface area contributed by atoms with E-state index in [2.05, 4.69) is 158 Å². The molecule has 0 N–H and O–H groups in total. The van der Waals surface area contributed by atoms with E-state index in [0.717, 1.165) is 0 Å². The Kier molecular flexibility index (Phi) is 5.77. The van der Waals surface area contributed by atoms with Crippen LogP contribution in [0, 0.1) is 0 Å². The van der Waals surface area contributed by atoms with Gasteiger partial charge in [0.2, 0.25) is 0 Å². The molecular weight excluding hydrogens is 512 g/mol. The zero-order valence-corrected chi connectivity index (χ0v) is 24.7. The molecule has 0 atom stereocenters. The first kappa shape index (κ1) is 24.6. The van der Waals surface area contributed by atoms with Crippen LogP contribution in [0.1, 0.15) is 41.5 Å². The second-order valence-electron chi connectivity index (χ2n) is 11.6. The number of nitrogens with zero attached hydrogens (tertiary/aromatic N) is 3. The Balaban J connectivity index is 1.98. The van der Waals surface area contributed by atoms with Gasteiger partial charge in [0.05, 0.1) is 0 Å². The van der Waals surface area contributed by atoms with Crippen molar-refractivity contribution in [1.29, 1.82) is 0 Å². The summed E-state index contributed by atoms with van der Waals surface area (Å²) in [5, 5.41) is 5.15. The number of rotatable bonds is 1. The molecule has 5 rings (SSSR count). The Morgan fingerprint density at radius 1 is 0.600 bits per heavy atom. The normalized spacial score (nSPS) is 15.9. The van der Waals surface area contributed by atoms with E-state index in [9.17, 15) is 0 Å². The van der Waals surface area contributed by atoms with E-state index in [1.54, 1.807) is 0 Å². The van der Waals surface area contributed by atoms with E-state index in [1.165, 1.54) is 44.0 Å². The van der Waals surface area contributed by atoms with Crippen molar-refractivity contribution in [3.8, 4) is 11.1 Å². The number of benzene rings is 4. The average molecular weight is 549 g/mol. The average Bonchev–Trinajstić information content (AvgIpc) is 2.85. The topological polar surface area (TPSA) is 9.72 Å². The Labute approximate surface area is 219 Å². The maximum absolute atomic E-state index is 3.81. The van der Waals surface area contributed by atoms with E-state index in [4.69, 9.17) is 0 Å². The van der Waals surface area contributed by atoms with Crippen LogP contribution in [0.5, 0.6) is 0 Å². The molecule has 0 fully saturated rings. The summed E-state index contributed by atoms with van der Waals surface area (Å²) in [6.45, 7) is 14.0.